The molecule has 0 saturated heterocycles. The Morgan fingerprint density at radius 3 is 2.67 bits per heavy atom. The van der Waals surface area contributed by atoms with Crippen molar-refractivity contribution >= 4 is 0 Å². The Hall–Kier alpha value is -0.780. The summed E-state index contributed by atoms with van der Waals surface area (Å²) in [6.07, 6.45) is 19.9. The highest BCUT2D eigenvalue weighted by molar-refractivity contribution is 5.36. The molecule has 0 aromatic carbocycles. The average Bonchev–Trinajstić information content (AvgIpc) is 2.93. The van der Waals surface area contributed by atoms with Crippen molar-refractivity contribution < 1.29 is 0 Å². The van der Waals surface area contributed by atoms with Gasteiger partial charge in [-0.1, -0.05) is 83.8 Å². The molecule has 0 amide bonds. The molecular weight excluding hydrogens is 324 g/mol. The summed E-state index contributed by atoms with van der Waals surface area (Å²) in [6, 6.07) is 0. The lowest BCUT2D eigenvalue weighted by atomic mass is 9.53. The lowest BCUT2D eigenvalue weighted by Gasteiger charge is -2.51. The second kappa shape index (κ2) is 8.30. The third-order valence-corrected chi connectivity index (χ3v) is 9.17. The molecule has 5 atom stereocenters. The van der Waals surface area contributed by atoms with Gasteiger partial charge in [-0.15, -0.1) is 0 Å². The molecule has 0 heterocycles. The summed E-state index contributed by atoms with van der Waals surface area (Å²) in [6.45, 7) is 16.9. The third-order valence-electron chi connectivity index (χ3n) is 9.17. The minimum Gasteiger partial charge on any atom is -0.0956 e. The van der Waals surface area contributed by atoms with E-state index in [4.69, 9.17) is 0 Å². The lowest BCUT2D eigenvalue weighted by Crippen LogP contribution is -2.43. The molecule has 0 spiro atoms. The fourth-order valence-corrected chi connectivity index (χ4v) is 6.77. The Kier molecular flexibility index (Phi) is 6.44. The van der Waals surface area contributed by atoms with Crippen LogP contribution < -0.4 is 0 Å². The highest BCUT2D eigenvalue weighted by Gasteiger charge is 2.57. The third kappa shape index (κ3) is 3.88. The molecule has 3 rings (SSSR count). The van der Waals surface area contributed by atoms with E-state index in [2.05, 4.69) is 53.3 Å². The monoisotopic (exact) mass is 368 g/mol. The Balaban J connectivity index is 1.82. The van der Waals surface area contributed by atoms with Gasteiger partial charge < -0.3 is 0 Å². The zero-order valence-corrected chi connectivity index (χ0v) is 18.9. The first kappa shape index (κ1) is 20.9. The fraction of sp³-hybridized carbons (Fsp3) is 0.778. The lowest BCUT2D eigenvalue weighted by molar-refractivity contribution is 0.00216. The van der Waals surface area contributed by atoms with Crippen LogP contribution in [0.4, 0.5) is 0 Å². The number of hydrogen-bond acceptors (Lipinski definition) is 0. The van der Waals surface area contributed by atoms with E-state index in [-0.39, 0.29) is 0 Å². The molecule has 0 aromatic heterocycles. The maximum Gasteiger partial charge on any atom is -0.0141 e. The van der Waals surface area contributed by atoms with Crippen molar-refractivity contribution in [1.82, 2.24) is 0 Å². The van der Waals surface area contributed by atoms with E-state index >= 15 is 0 Å². The van der Waals surface area contributed by atoms with Crippen LogP contribution >= 0.6 is 0 Å². The van der Waals surface area contributed by atoms with Crippen LogP contribution in [0, 0.1) is 28.6 Å². The minimum absolute atomic E-state index is 0.500. The maximum atomic E-state index is 4.35. The van der Waals surface area contributed by atoms with E-state index in [0.29, 0.717) is 10.8 Å². The van der Waals surface area contributed by atoms with Crippen LogP contribution in [0.3, 0.4) is 0 Å². The van der Waals surface area contributed by atoms with Crippen LogP contribution in [0.2, 0.25) is 0 Å². The highest BCUT2D eigenvalue weighted by Crippen LogP contribution is 2.66. The molecule has 0 N–H and O–H groups in total. The van der Waals surface area contributed by atoms with Crippen molar-refractivity contribution in [3.63, 3.8) is 0 Å². The molecule has 0 unspecified atom stereocenters. The van der Waals surface area contributed by atoms with Gasteiger partial charge in [0.25, 0.3) is 0 Å². The van der Waals surface area contributed by atoms with E-state index < -0.39 is 0 Å². The summed E-state index contributed by atoms with van der Waals surface area (Å²) in [4.78, 5) is 0. The predicted octanol–water partition coefficient (Wildman–Crippen LogP) is 8.65. The molecular formula is C27H44. The van der Waals surface area contributed by atoms with Crippen molar-refractivity contribution in [3.8, 4) is 0 Å². The first-order valence-electron chi connectivity index (χ1n) is 11.9. The number of rotatable bonds is 5. The molecule has 152 valence electrons. The van der Waals surface area contributed by atoms with Crippen LogP contribution in [0.5, 0.6) is 0 Å². The quantitative estimate of drug-likeness (QED) is 0.455. The van der Waals surface area contributed by atoms with Crippen molar-refractivity contribution in [2.45, 2.75) is 105 Å². The van der Waals surface area contributed by atoms with Crippen molar-refractivity contribution in [2.75, 3.05) is 0 Å². The first-order chi connectivity index (χ1) is 12.8. The molecule has 27 heavy (non-hydrogen) atoms. The zero-order valence-electron chi connectivity index (χ0n) is 18.9. The molecule has 0 nitrogen and oxygen atoms in total. The van der Waals surface area contributed by atoms with Gasteiger partial charge in [0.15, 0.2) is 0 Å². The van der Waals surface area contributed by atoms with Gasteiger partial charge in [0.1, 0.15) is 0 Å². The fourth-order valence-electron chi connectivity index (χ4n) is 6.77. The normalized spacial score (nSPS) is 41.1. The van der Waals surface area contributed by atoms with Crippen molar-refractivity contribution in [1.29, 1.82) is 0 Å². The number of fused-ring (bicyclic) bond motifs is 1. The van der Waals surface area contributed by atoms with Gasteiger partial charge in [-0.3, -0.25) is 0 Å². The van der Waals surface area contributed by atoms with E-state index in [0.717, 1.165) is 17.8 Å². The molecule has 0 heteroatoms. The molecule has 3 fully saturated rings. The summed E-state index contributed by atoms with van der Waals surface area (Å²) in [7, 11) is 0. The van der Waals surface area contributed by atoms with Gasteiger partial charge in [-0.2, -0.15) is 0 Å². The highest BCUT2D eigenvalue weighted by atomic mass is 14.6. The van der Waals surface area contributed by atoms with Gasteiger partial charge in [-0.05, 0) is 85.5 Å². The van der Waals surface area contributed by atoms with E-state index in [9.17, 15) is 0 Å². The van der Waals surface area contributed by atoms with E-state index in [1.807, 2.05) is 0 Å². The Labute approximate surface area is 169 Å². The number of unbranched alkanes of at least 4 members (excludes halogenated alkanes) is 1. The predicted molar refractivity (Wildman–Crippen MR) is 120 cm³/mol. The van der Waals surface area contributed by atoms with Gasteiger partial charge in [0.2, 0.25) is 0 Å². The molecule has 3 aliphatic carbocycles. The van der Waals surface area contributed by atoms with Gasteiger partial charge in [0, 0.05) is 0 Å². The van der Waals surface area contributed by atoms with Crippen LogP contribution in [-0.2, 0) is 0 Å². The van der Waals surface area contributed by atoms with Crippen LogP contribution in [-0.4, -0.2) is 0 Å². The Morgan fingerprint density at radius 1 is 1.15 bits per heavy atom. The molecule has 3 saturated carbocycles. The van der Waals surface area contributed by atoms with E-state index in [1.165, 1.54) is 81.8 Å². The average molecular weight is 369 g/mol. The van der Waals surface area contributed by atoms with Gasteiger partial charge >= 0.3 is 0 Å². The second-order valence-corrected chi connectivity index (χ2v) is 10.7. The van der Waals surface area contributed by atoms with Gasteiger partial charge in [0.05, 0.1) is 0 Å². The second-order valence-electron chi connectivity index (χ2n) is 10.7. The van der Waals surface area contributed by atoms with Crippen molar-refractivity contribution in [2.24, 2.45) is 28.6 Å². The smallest absolute Gasteiger partial charge is 0.0141 e. The summed E-state index contributed by atoms with van der Waals surface area (Å²) in [5.41, 5.74) is 5.70. The largest absolute Gasteiger partial charge is 0.0956 e. The van der Waals surface area contributed by atoms with Crippen LogP contribution in [0.25, 0.3) is 0 Å². The van der Waals surface area contributed by atoms with Crippen LogP contribution in [0.15, 0.2) is 35.5 Å². The Bertz CT molecular complexity index is 606. The zero-order chi connectivity index (χ0) is 19.7. The van der Waals surface area contributed by atoms with Gasteiger partial charge in [-0.25, -0.2) is 0 Å². The topological polar surface area (TPSA) is 0 Å². The minimum atomic E-state index is 0.500. The summed E-state index contributed by atoms with van der Waals surface area (Å²) in [5.74, 6) is 2.49. The van der Waals surface area contributed by atoms with Crippen LogP contribution in [0.1, 0.15) is 105 Å². The Morgan fingerprint density at radius 2 is 1.93 bits per heavy atom. The molecule has 0 radical (unpaired) electrons. The number of allylic oxidation sites excluding steroid dienone is 5. The molecule has 3 aliphatic rings. The molecule has 0 aliphatic heterocycles. The molecule has 0 aromatic rings. The SMILES string of the molecule is C=C1CC[C@H](C)C/C1=C/C=C1\CCC[C@@]2(C)[C@H]1CC[C@]2(C)[C@@H](C)CCCC. The summed E-state index contributed by atoms with van der Waals surface area (Å²) < 4.78 is 0. The van der Waals surface area contributed by atoms with E-state index in [1.54, 1.807) is 5.57 Å². The summed E-state index contributed by atoms with van der Waals surface area (Å²) in [5, 5.41) is 0. The summed E-state index contributed by atoms with van der Waals surface area (Å²) >= 11 is 0. The molecule has 0 bridgehead atoms. The standard InChI is InChI=1S/C27H44/c1-7-8-10-22(4)26(5)18-16-25-23(11-9-17-27(25,26)6)14-15-24-19-20(2)12-13-21(24)3/h14-15,20,22,25H,3,7-13,16-19H2,1-2,4-6H3/b23-14+,24-15-/t20-,22-,25-,26+,27-/m0/s1. The number of hydrogen-bond donors (Lipinski definition) is 0. The first-order valence-corrected chi connectivity index (χ1v) is 11.9. The maximum absolute atomic E-state index is 4.35. The van der Waals surface area contributed by atoms with Crippen molar-refractivity contribution in [3.05, 3.63) is 35.5 Å².